The molecule has 1 aliphatic rings. The predicted octanol–water partition coefficient (Wildman–Crippen LogP) is 2.69. The molecule has 1 aliphatic heterocycles. The molecule has 0 bridgehead atoms. The summed E-state index contributed by atoms with van der Waals surface area (Å²) in [5.74, 6) is 1.51. The van der Waals surface area contributed by atoms with Crippen LogP contribution in [-0.2, 0) is 0 Å². The van der Waals surface area contributed by atoms with Gasteiger partial charge in [0, 0.05) is 26.7 Å². The number of anilines is 2. The molecule has 1 aromatic heterocycles. The third-order valence-corrected chi connectivity index (χ3v) is 5.05. The van der Waals surface area contributed by atoms with Gasteiger partial charge >= 0.3 is 0 Å². The van der Waals surface area contributed by atoms with Crippen LogP contribution in [-0.4, -0.2) is 42.5 Å². The van der Waals surface area contributed by atoms with Crippen LogP contribution >= 0.6 is 11.3 Å². The molecule has 1 aromatic rings. The Hall–Kier alpha value is -1.30. The van der Waals surface area contributed by atoms with E-state index in [9.17, 15) is 4.79 Å². The van der Waals surface area contributed by atoms with Crippen LogP contribution in [0.3, 0.4) is 0 Å². The van der Waals surface area contributed by atoms with Crippen molar-refractivity contribution in [2.24, 2.45) is 11.8 Å². The summed E-state index contributed by atoms with van der Waals surface area (Å²) >= 11 is 1.41. The first-order valence-electron chi connectivity index (χ1n) is 7.69. The van der Waals surface area contributed by atoms with Crippen LogP contribution < -0.4 is 10.6 Å². The SMILES string of the molecule is CCCN(C)c1nc(N)c(C(=O)N2CC(C)CC(C)C2)s1. The molecule has 0 saturated carbocycles. The lowest BCUT2D eigenvalue weighted by Crippen LogP contribution is -2.42. The lowest BCUT2D eigenvalue weighted by Gasteiger charge is -2.34. The molecular formula is C15H26N4OS. The van der Waals surface area contributed by atoms with Gasteiger partial charge in [-0.3, -0.25) is 4.79 Å². The largest absolute Gasteiger partial charge is 0.382 e. The molecule has 2 N–H and O–H groups in total. The van der Waals surface area contributed by atoms with Crippen molar-refractivity contribution < 1.29 is 4.79 Å². The molecule has 0 aromatic carbocycles. The molecule has 1 fully saturated rings. The van der Waals surface area contributed by atoms with Crippen molar-refractivity contribution >= 4 is 28.2 Å². The molecule has 2 unspecified atom stereocenters. The number of nitrogen functional groups attached to an aromatic ring is 1. The van der Waals surface area contributed by atoms with E-state index in [1.165, 1.54) is 17.8 Å². The van der Waals surface area contributed by atoms with E-state index in [0.29, 0.717) is 22.5 Å². The summed E-state index contributed by atoms with van der Waals surface area (Å²) in [6.45, 7) is 9.08. The lowest BCUT2D eigenvalue weighted by atomic mass is 9.92. The average Bonchev–Trinajstić information content (AvgIpc) is 2.79. The Morgan fingerprint density at radius 2 is 2.05 bits per heavy atom. The molecule has 5 nitrogen and oxygen atoms in total. The highest BCUT2D eigenvalue weighted by molar-refractivity contribution is 7.18. The number of nitrogens with zero attached hydrogens (tertiary/aromatic N) is 3. The smallest absolute Gasteiger partial charge is 0.267 e. The van der Waals surface area contributed by atoms with Gasteiger partial charge in [-0.15, -0.1) is 0 Å². The van der Waals surface area contributed by atoms with Crippen molar-refractivity contribution in [3.8, 4) is 0 Å². The zero-order chi connectivity index (χ0) is 15.6. The summed E-state index contributed by atoms with van der Waals surface area (Å²) < 4.78 is 0. The second-order valence-electron chi connectivity index (χ2n) is 6.29. The van der Waals surface area contributed by atoms with Gasteiger partial charge in [0.2, 0.25) is 0 Å². The Bertz CT molecular complexity index is 492. The molecule has 1 saturated heterocycles. The molecule has 0 spiro atoms. The minimum atomic E-state index is 0.0412. The molecule has 2 atom stereocenters. The first-order chi connectivity index (χ1) is 9.92. The zero-order valence-electron chi connectivity index (χ0n) is 13.4. The highest BCUT2D eigenvalue weighted by Gasteiger charge is 2.29. The Labute approximate surface area is 131 Å². The number of nitrogens with two attached hydrogens (primary N) is 1. The van der Waals surface area contributed by atoms with Crippen molar-refractivity contribution in [2.45, 2.75) is 33.6 Å². The minimum Gasteiger partial charge on any atom is -0.382 e. The van der Waals surface area contributed by atoms with Crippen LogP contribution in [0.5, 0.6) is 0 Å². The van der Waals surface area contributed by atoms with Crippen LogP contribution in [0.2, 0.25) is 0 Å². The number of carbonyl (C=O) groups is 1. The topological polar surface area (TPSA) is 62.5 Å². The van der Waals surface area contributed by atoms with E-state index in [1.807, 2.05) is 11.9 Å². The van der Waals surface area contributed by atoms with Crippen LogP contribution in [0.15, 0.2) is 0 Å². The molecule has 2 heterocycles. The first-order valence-corrected chi connectivity index (χ1v) is 8.50. The Morgan fingerprint density at radius 1 is 1.43 bits per heavy atom. The highest BCUT2D eigenvalue weighted by atomic mass is 32.1. The van der Waals surface area contributed by atoms with Crippen molar-refractivity contribution in [2.75, 3.05) is 37.3 Å². The Kier molecular flexibility index (Phi) is 5.08. The maximum absolute atomic E-state index is 12.7. The highest BCUT2D eigenvalue weighted by Crippen LogP contribution is 2.30. The summed E-state index contributed by atoms with van der Waals surface area (Å²) in [5.41, 5.74) is 5.98. The summed E-state index contributed by atoms with van der Waals surface area (Å²) in [6.07, 6.45) is 2.23. The standard InChI is InChI=1S/C15H26N4OS/c1-5-6-18(4)15-17-13(16)12(21-15)14(20)19-8-10(2)7-11(3)9-19/h10-11H,5-9,16H2,1-4H3. The second kappa shape index (κ2) is 6.64. The molecule has 21 heavy (non-hydrogen) atoms. The maximum atomic E-state index is 12.7. The van der Waals surface area contributed by atoms with Gasteiger partial charge in [-0.25, -0.2) is 4.98 Å². The van der Waals surface area contributed by atoms with E-state index >= 15 is 0 Å². The van der Waals surface area contributed by atoms with E-state index in [0.717, 1.165) is 31.2 Å². The van der Waals surface area contributed by atoms with Gasteiger partial charge in [0.25, 0.3) is 5.91 Å². The van der Waals surface area contributed by atoms with Crippen molar-refractivity contribution in [3.63, 3.8) is 0 Å². The average molecular weight is 310 g/mol. The normalized spacial score (nSPS) is 22.4. The van der Waals surface area contributed by atoms with Crippen molar-refractivity contribution in [3.05, 3.63) is 4.88 Å². The molecule has 6 heteroatoms. The van der Waals surface area contributed by atoms with Crippen LogP contribution in [0.25, 0.3) is 0 Å². The van der Waals surface area contributed by atoms with E-state index < -0.39 is 0 Å². The predicted molar refractivity (Wildman–Crippen MR) is 88.9 cm³/mol. The van der Waals surface area contributed by atoms with Gasteiger partial charge in [-0.1, -0.05) is 32.1 Å². The second-order valence-corrected chi connectivity index (χ2v) is 7.27. The number of hydrogen-bond donors (Lipinski definition) is 1. The maximum Gasteiger partial charge on any atom is 0.267 e. The van der Waals surface area contributed by atoms with Gasteiger partial charge in [0.15, 0.2) is 5.13 Å². The molecule has 1 amide bonds. The fourth-order valence-electron chi connectivity index (χ4n) is 3.04. The molecular weight excluding hydrogens is 284 g/mol. The van der Waals surface area contributed by atoms with Gasteiger partial charge in [-0.05, 0) is 24.7 Å². The summed E-state index contributed by atoms with van der Waals surface area (Å²) in [7, 11) is 1.99. The number of piperidine rings is 1. The summed E-state index contributed by atoms with van der Waals surface area (Å²) in [6, 6.07) is 0. The van der Waals surface area contributed by atoms with Gasteiger partial charge in [0.1, 0.15) is 10.7 Å². The Morgan fingerprint density at radius 3 is 2.62 bits per heavy atom. The summed E-state index contributed by atoms with van der Waals surface area (Å²) in [5, 5.41) is 0.829. The van der Waals surface area contributed by atoms with Crippen LogP contribution in [0.1, 0.15) is 43.3 Å². The number of likely N-dealkylation sites (tertiary alicyclic amines) is 1. The zero-order valence-corrected chi connectivity index (χ0v) is 14.2. The molecule has 0 aliphatic carbocycles. The monoisotopic (exact) mass is 310 g/mol. The Balaban J connectivity index is 2.15. The van der Waals surface area contributed by atoms with E-state index in [1.54, 1.807) is 0 Å². The quantitative estimate of drug-likeness (QED) is 0.929. The number of aromatic nitrogens is 1. The number of rotatable bonds is 4. The number of thiazole rings is 1. The van der Waals surface area contributed by atoms with Crippen molar-refractivity contribution in [1.82, 2.24) is 9.88 Å². The van der Waals surface area contributed by atoms with Crippen molar-refractivity contribution in [1.29, 1.82) is 0 Å². The van der Waals surface area contributed by atoms with Crippen LogP contribution in [0, 0.1) is 11.8 Å². The lowest BCUT2D eigenvalue weighted by molar-refractivity contribution is 0.0629. The van der Waals surface area contributed by atoms with E-state index in [2.05, 4.69) is 30.7 Å². The fraction of sp³-hybridized carbons (Fsp3) is 0.733. The molecule has 2 rings (SSSR count). The van der Waals surface area contributed by atoms with Gasteiger partial charge in [0.05, 0.1) is 0 Å². The summed E-state index contributed by atoms with van der Waals surface area (Å²) in [4.78, 5) is 21.6. The van der Waals surface area contributed by atoms with E-state index in [4.69, 9.17) is 5.73 Å². The van der Waals surface area contributed by atoms with Crippen LogP contribution in [0.4, 0.5) is 10.9 Å². The van der Waals surface area contributed by atoms with Gasteiger partial charge < -0.3 is 15.5 Å². The number of carbonyl (C=O) groups excluding carboxylic acids is 1. The molecule has 118 valence electrons. The third kappa shape index (κ3) is 3.67. The fourth-order valence-corrected chi connectivity index (χ4v) is 3.98. The van der Waals surface area contributed by atoms with Gasteiger partial charge in [-0.2, -0.15) is 0 Å². The van der Waals surface area contributed by atoms with E-state index in [-0.39, 0.29) is 5.91 Å². The first kappa shape index (κ1) is 16.1. The third-order valence-electron chi connectivity index (χ3n) is 3.88. The molecule has 0 radical (unpaired) electrons. The number of hydrogen-bond acceptors (Lipinski definition) is 5. The minimum absolute atomic E-state index is 0.0412. The number of amides is 1.